The molecule has 1 saturated carbocycles. The molecule has 0 bridgehead atoms. The van der Waals surface area contributed by atoms with Crippen molar-refractivity contribution >= 4 is 29.2 Å². The average Bonchev–Trinajstić information content (AvgIpc) is 3.05. The Labute approximate surface area is 149 Å². The maximum atomic E-state index is 11.0. The molecule has 1 heterocycles. The van der Waals surface area contributed by atoms with Crippen molar-refractivity contribution in [2.75, 3.05) is 0 Å². The third-order valence-electron chi connectivity index (χ3n) is 4.36. The van der Waals surface area contributed by atoms with Gasteiger partial charge >= 0.3 is 5.97 Å². The Kier molecular flexibility index (Phi) is 5.38. The van der Waals surface area contributed by atoms with Gasteiger partial charge in [0.25, 0.3) is 0 Å². The van der Waals surface area contributed by atoms with Gasteiger partial charge in [-0.2, -0.15) is 0 Å². The Morgan fingerprint density at radius 1 is 1.25 bits per heavy atom. The Morgan fingerprint density at radius 2 is 2.00 bits per heavy atom. The number of hydrogen-bond donors (Lipinski definition) is 2. The van der Waals surface area contributed by atoms with Crippen LogP contribution in [0.2, 0.25) is 10.0 Å². The molecule has 0 spiro atoms. The van der Waals surface area contributed by atoms with E-state index in [0.717, 1.165) is 37.1 Å². The molecule has 2 aromatic rings. The largest absolute Gasteiger partial charge is 0.481 e. The van der Waals surface area contributed by atoms with Gasteiger partial charge in [0.1, 0.15) is 0 Å². The first-order valence-electron chi connectivity index (χ1n) is 7.86. The highest BCUT2D eigenvalue weighted by Crippen LogP contribution is 2.25. The molecule has 6 nitrogen and oxygen atoms in total. The number of aliphatic carboxylic acids is 1. The molecule has 0 radical (unpaired) electrons. The summed E-state index contributed by atoms with van der Waals surface area (Å²) < 4.78 is 1.65. The number of halogens is 2. The number of hydrogen-bond acceptors (Lipinski definition) is 4. The molecule has 1 aliphatic carbocycles. The minimum absolute atomic E-state index is 0.196. The van der Waals surface area contributed by atoms with E-state index in [0.29, 0.717) is 22.6 Å². The van der Waals surface area contributed by atoms with Crippen molar-refractivity contribution in [2.24, 2.45) is 5.92 Å². The van der Waals surface area contributed by atoms with Crippen LogP contribution < -0.4 is 5.32 Å². The number of nitrogens with zero attached hydrogens (tertiary/aromatic N) is 3. The lowest BCUT2D eigenvalue weighted by Crippen LogP contribution is -2.34. The van der Waals surface area contributed by atoms with Crippen LogP contribution in [0.5, 0.6) is 0 Å². The van der Waals surface area contributed by atoms with Crippen LogP contribution in [0.1, 0.15) is 31.4 Å². The summed E-state index contributed by atoms with van der Waals surface area (Å²) in [4.78, 5) is 11.0. The molecule has 1 aromatic heterocycles. The van der Waals surface area contributed by atoms with Gasteiger partial charge < -0.3 is 10.4 Å². The highest BCUT2D eigenvalue weighted by molar-refractivity contribution is 6.42. The van der Waals surface area contributed by atoms with E-state index in [-0.39, 0.29) is 5.92 Å². The fourth-order valence-electron chi connectivity index (χ4n) is 2.93. The van der Waals surface area contributed by atoms with Crippen molar-refractivity contribution in [3.05, 3.63) is 40.1 Å². The van der Waals surface area contributed by atoms with Gasteiger partial charge in [-0.05, 0) is 43.9 Å². The van der Waals surface area contributed by atoms with E-state index in [1.165, 1.54) is 0 Å². The van der Waals surface area contributed by atoms with Crippen LogP contribution in [0, 0.1) is 5.92 Å². The van der Waals surface area contributed by atoms with Crippen molar-refractivity contribution in [1.82, 2.24) is 20.3 Å². The van der Waals surface area contributed by atoms with Gasteiger partial charge in [0.2, 0.25) is 0 Å². The molecule has 0 amide bonds. The van der Waals surface area contributed by atoms with Crippen molar-refractivity contribution in [1.29, 1.82) is 0 Å². The molecule has 0 atom stereocenters. The average molecular weight is 369 g/mol. The highest BCUT2D eigenvalue weighted by Gasteiger charge is 2.25. The van der Waals surface area contributed by atoms with E-state index in [2.05, 4.69) is 15.6 Å². The summed E-state index contributed by atoms with van der Waals surface area (Å²) in [6.07, 6.45) is 5.04. The lowest BCUT2D eigenvalue weighted by Gasteiger charge is -2.26. The lowest BCUT2D eigenvalue weighted by molar-refractivity contribution is -0.142. The topological polar surface area (TPSA) is 80.0 Å². The number of carboxylic acids is 1. The number of carbonyl (C=O) groups is 1. The normalized spacial score (nSPS) is 20.9. The summed E-state index contributed by atoms with van der Waals surface area (Å²) in [6, 6.07) is 5.62. The first kappa shape index (κ1) is 17.2. The molecule has 128 valence electrons. The number of nitrogens with one attached hydrogen (secondary N) is 1. The van der Waals surface area contributed by atoms with E-state index in [1.54, 1.807) is 16.8 Å². The fraction of sp³-hybridized carbons (Fsp3) is 0.438. The molecule has 0 saturated heterocycles. The molecule has 1 aromatic carbocycles. The van der Waals surface area contributed by atoms with Crippen LogP contribution in [0.15, 0.2) is 24.4 Å². The number of rotatable bonds is 5. The summed E-state index contributed by atoms with van der Waals surface area (Å²) in [7, 11) is 0. The van der Waals surface area contributed by atoms with Crippen molar-refractivity contribution in [3.63, 3.8) is 0 Å². The minimum Gasteiger partial charge on any atom is -0.481 e. The van der Waals surface area contributed by atoms with Gasteiger partial charge in [0.15, 0.2) is 0 Å². The molecular weight excluding hydrogens is 351 g/mol. The van der Waals surface area contributed by atoms with Gasteiger partial charge in [0, 0.05) is 12.6 Å². The molecule has 0 aliphatic heterocycles. The van der Waals surface area contributed by atoms with E-state index in [9.17, 15) is 4.79 Å². The molecule has 24 heavy (non-hydrogen) atoms. The monoisotopic (exact) mass is 368 g/mol. The maximum Gasteiger partial charge on any atom is 0.306 e. The Morgan fingerprint density at radius 3 is 2.67 bits per heavy atom. The summed E-state index contributed by atoms with van der Waals surface area (Å²) in [6.45, 7) is 0.601. The van der Waals surface area contributed by atoms with Crippen LogP contribution in [0.3, 0.4) is 0 Å². The predicted molar refractivity (Wildman–Crippen MR) is 91.6 cm³/mol. The number of aromatic nitrogens is 3. The lowest BCUT2D eigenvalue weighted by atomic mass is 9.86. The van der Waals surface area contributed by atoms with Gasteiger partial charge in [-0.1, -0.05) is 28.4 Å². The smallest absolute Gasteiger partial charge is 0.306 e. The maximum absolute atomic E-state index is 11.0. The third-order valence-corrected chi connectivity index (χ3v) is 5.10. The Balaban J connectivity index is 1.55. The number of carboxylic acid groups (broad SMARTS) is 1. The van der Waals surface area contributed by atoms with E-state index in [1.807, 2.05) is 12.3 Å². The molecule has 8 heteroatoms. The predicted octanol–water partition coefficient (Wildman–Crippen LogP) is 3.31. The van der Waals surface area contributed by atoms with Crippen LogP contribution in [-0.4, -0.2) is 32.1 Å². The molecule has 1 fully saturated rings. The zero-order valence-corrected chi connectivity index (χ0v) is 14.5. The zero-order chi connectivity index (χ0) is 17.1. The van der Waals surface area contributed by atoms with Gasteiger partial charge in [-0.25, -0.2) is 4.68 Å². The summed E-state index contributed by atoms with van der Waals surface area (Å²) in [5.41, 5.74) is 1.62. The van der Waals surface area contributed by atoms with Gasteiger partial charge in [-0.15, -0.1) is 5.10 Å². The van der Waals surface area contributed by atoms with Crippen LogP contribution in [-0.2, 0) is 11.3 Å². The second kappa shape index (κ2) is 7.51. The molecule has 3 rings (SSSR count). The standard InChI is InChI=1S/C16H18Cl2N4O2/c17-14-6-5-13(7-15(14)18)22-9-12(20-21-22)8-19-11-3-1-10(2-4-11)16(23)24/h5-7,9-11,19H,1-4,8H2,(H,23,24). The van der Waals surface area contributed by atoms with Crippen LogP contribution in [0.4, 0.5) is 0 Å². The minimum atomic E-state index is -0.682. The summed E-state index contributed by atoms with van der Waals surface area (Å²) >= 11 is 11.9. The number of benzene rings is 1. The second-order valence-electron chi connectivity index (χ2n) is 6.02. The van der Waals surface area contributed by atoms with E-state index < -0.39 is 5.97 Å². The van der Waals surface area contributed by atoms with Gasteiger partial charge in [-0.3, -0.25) is 4.79 Å². The zero-order valence-electron chi connectivity index (χ0n) is 13.0. The summed E-state index contributed by atoms with van der Waals surface area (Å²) in [5, 5.41) is 21.7. The Bertz CT molecular complexity index is 727. The van der Waals surface area contributed by atoms with Crippen molar-refractivity contribution in [3.8, 4) is 5.69 Å². The SMILES string of the molecule is O=C(O)C1CCC(NCc2cn(-c3ccc(Cl)c(Cl)c3)nn2)CC1. The summed E-state index contributed by atoms with van der Waals surface area (Å²) in [5.74, 6) is -0.878. The first-order chi connectivity index (χ1) is 11.5. The Hall–Kier alpha value is -1.63. The van der Waals surface area contributed by atoms with Crippen molar-refractivity contribution < 1.29 is 9.90 Å². The first-order valence-corrected chi connectivity index (χ1v) is 8.61. The van der Waals surface area contributed by atoms with Crippen molar-refractivity contribution in [2.45, 2.75) is 38.3 Å². The fourth-order valence-corrected chi connectivity index (χ4v) is 3.22. The van der Waals surface area contributed by atoms with E-state index >= 15 is 0 Å². The van der Waals surface area contributed by atoms with Gasteiger partial charge in [0.05, 0.1) is 33.5 Å². The quantitative estimate of drug-likeness (QED) is 0.845. The third kappa shape index (κ3) is 4.06. The second-order valence-corrected chi connectivity index (χ2v) is 6.83. The highest BCUT2D eigenvalue weighted by atomic mass is 35.5. The molecule has 2 N–H and O–H groups in total. The molecular formula is C16H18Cl2N4O2. The molecule has 1 aliphatic rings. The van der Waals surface area contributed by atoms with Crippen LogP contribution >= 0.6 is 23.2 Å². The van der Waals surface area contributed by atoms with Crippen LogP contribution in [0.25, 0.3) is 5.69 Å². The molecule has 0 unspecified atom stereocenters. The van der Waals surface area contributed by atoms with E-state index in [4.69, 9.17) is 28.3 Å².